The van der Waals surface area contributed by atoms with Gasteiger partial charge < -0.3 is 10.6 Å². The standard InChI is InChI=1S/C20H31N3O/c1-14-10-18(16(3)19(21)11-14)13-22-8-9-23(15(2)12-22)20(24)17-6-4-5-7-17/h10-11,15,17H,4-9,12-13,21H2,1-3H3/t15-/m0/s1. The molecule has 1 saturated heterocycles. The summed E-state index contributed by atoms with van der Waals surface area (Å²) in [5, 5.41) is 0. The van der Waals surface area contributed by atoms with Gasteiger partial charge in [-0.15, -0.1) is 0 Å². The number of nitrogen functional groups attached to an aromatic ring is 1. The Bertz CT molecular complexity index is 607. The van der Waals surface area contributed by atoms with E-state index in [1.54, 1.807) is 0 Å². The van der Waals surface area contributed by atoms with Crippen LogP contribution in [0.1, 0.15) is 49.3 Å². The van der Waals surface area contributed by atoms with Crippen LogP contribution in [0.25, 0.3) is 0 Å². The molecule has 1 aromatic carbocycles. The Morgan fingerprint density at radius 1 is 1.21 bits per heavy atom. The van der Waals surface area contributed by atoms with E-state index in [9.17, 15) is 4.79 Å². The Labute approximate surface area is 146 Å². The summed E-state index contributed by atoms with van der Waals surface area (Å²) in [4.78, 5) is 17.3. The predicted octanol–water partition coefficient (Wildman–Crippen LogP) is 3.11. The second-order valence-corrected chi connectivity index (χ2v) is 7.74. The van der Waals surface area contributed by atoms with E-state index in [1.165, 1.54) is 29.5 Å². The summed E-state index contributed by atoms with van der Waals surface area (Å²) in [6.07, 6.45) is 4.62. The van der Waals surface area contributed by atoms with Gasteiger partial charge in [0.25, 0.3) is 0 Å². The molecule has 1 amide bonds. The second kappa shape index (κ2) is 7.14. The molecule has 1 heterocycles. The number of anilines is 1. The first-order valence-electron chi connectivity index (χ1n) is 9.34. The van der Waals surface area contributed by atoms with E-state index in [-0.39, 0.29) is 5.92 Å². The second-order valence-electron chi connectivity index (χ2n) is 7.74. The summed E-state index contributed by atoms with van der Waals surface area (Å²) in [7, 11) is 0. The number of aryl methyl sites for hydroxylation is 1. The molecule has 1 aliphatic heterocycles. The van der Waals surface area contributed by atoms with Crippen LogP contribution in [-0.2, 0) is 11.3 Å². The Balaban J connectivity index is 1.62. The molecule has 2 N–H and O–H groups in total. The highest BCUT2D eigenvalue weighted by Crippen LogP contribution is 2.28. The normalized spacial score (nSPS) is 23.0. The molecule has 1 aromatic rings. The third kappa shape index (κ3) is 3.59. The van der Waals surface area contributed by atoms with E-state index >= 15 is 0 Å². The Morgan fingerprint density at radius 2 is 1.92 bits per heavy atom. The maximum absolute atomic E-state index is 12.7. The number of benzene rings is 1. The number of amides is 1. The van der Waals surface area contributed by atoms with Crippen molar-refractivity contribution in [2.24, 2.45) is 5.92 Å². The average Bonchev–Trinajstić information content (AvgIpc) is 3.06. The van der Waals surface area contributed by atoms with Gasteiger partial charge in [0.15, 0.2) is 0 Å². The molecular weight excluding hydrogens is 298 g/mol. The van der Waals surface area contributed by atoms with Crippen LogP contribution in [0, 0.1) is 19.8 Å². The Kier molecular flexibility index (Phi) is 5.14. The fraction of sp³-hybridized carbons (Fsp3) is 0.650. The molecule has 4 heteroatoms. The highest BCUT2D eigenvalue weighted by molar-refractivity contribution is 5.79. The minimum absolute atomic E-state index is 0.290. The van der Waals surface area contributed by atoms with Crippen LogP contribution in [0.15, 0.2) is 12.1 Å². The number of hydrogen-bond acceptors (Lipinski definition) is 3. The summed E-state index contributed by atoms with van der Waals surface area (Å²) in [5.74, 6) is 0.688. The van der Waals surface area contributed by atoms with E-state index in [0.29, 0.717) is 11.9 Å². The first-order chi connectivity index (χ1) is 11.5. The van der Waals surface area contributed by atoms with Crippen LogP contribution in [0.4, 0.5) is 5.69 Å². The van der Waals surface area contributed by atoms with Gasteiger partial charge >= 0.3 is 0 Å². The van der Waals surface area contributed by atoms with Crippen LogP contribution in [0.3, 0.4) is 0 Å². The number of nitrogens with two attached hydrogens (primary N) is 1. The maximum atomic E-state index is 12.7. The molecule has 4 nitrogen and oxygen atoms in total. The van der Waals surface area contributed by atoms with Crippen molar-refractivity contribution in [2.75, 3.05) is 25.4 Å². The van der Waals surface area contributed by atoms with Crippen LogP contribution >= 0.6 is 0 Å². The molecule has 0 unspecified atom stereocenters. The minimum atomic E-state index is 0.290. The van der Waals surface area contributed by atoms with E-state index in [4.69, 9.17) is 5.73 Å². The highest BCUT2D eigenvalue weighted by atomic mass is 16.2. The minimum Gasteiger partial charge on any atom is -0.398 e. The van der Waals surface area contributed by atoms with Crippen molar-refractivity contribution in [1.82, 2.24) is 9.80 Å². The third-order valence-electron chi connectivity index (χ3n) is 5.79. The zero-order valence-corrected chi connectivity index (χ0v) is 15.3. The topological polar surface area (TPSA) is 49.6 Å². The molecule has 0 aromatic heterocycles. The zero-order chi connectivity index (χ0) is 17.3. The third-order valence-corrected chi connectivity index (χ3v) is 5.79. The van der Waals surface area contributed by atoms with Gasteiger partial charge in [0.2, 0.25) is 5.91 Å². The maximum Gasteiger partial charge on any atom is 0.226 e. The number of hydrogen-bond donors (Lipinski definition) is 1. The van der Waals surface area contributed by atoms with Crippen LogP contribution in [0.2, 0.25) is 0 Å². The van der Waals surface area contributed by atoms with Gasteiger partial charge in [0, 0.05) is 43.8 Å². The van der Waals surface area contributed by atoms with Crippen molar-refractivity contribution in [1.29, 1.82) is 0 Å². The molecule has 3 rings (SSSR count). The Hall–Kier alpha value is -1.55. The van der Waals surface area contributed by atoms with Gasteiger partial charge in [-0.1, -0.05) is 18.9 Å². The Morgan fingerprint density at radius 3 is 2.58 bits per heavy atom. The molecule has 1 saturated carbocycles. The van der Waals surface area contributed by atoms with E-state index in [1.807, 2.05) is 6.07 Å². The van der Waals surface area contributed by atoms with E-state index in [0.717, 1.165) is 44.7 Å². The number of nitrogens with zero attached hydrogens (tertiary/aromatic N) is 2. The van der Waals surface area contributed by atoms with E-state index < -0.39 is 0 Å². The highest BCUT2D eigenvalue weighted by Gasteiger charge is 2.33. The number of piperazine rings is 1. The van der Waals surface area contributed by atoms with E-state index in [2.05, 4.69) is 36.6 Å². The smallest absolute Gasteiger partial charge is 0.226 e. The fourth-order valence-corrected chi connectivity index (χ4v) is 4.28. The molecule has 1 atom stereocenters. The summed E-state index contributed by atoms with van der Waals surface area (Å²) < 4.78 is 0. The lowest BCUT2D eigenvalue weighted by atomic mass is 10.0. The molecule has 0 spiro atoms. The fourth-order valence-electron chi connectivity index (χ4n) is 4.28. The van der Waals surface area contributed by atoms with Crippen molar-refractivity contribution in [3.8, 4) is 0 Å². The van der Waals surface area contributed by atoms with Gasteiger partial charge in [-0.25, -0.2) is 0 Å². The van der Waals surface area contributed by atoms with Crippen molar-refractivity contribution < 1.29 is 4.79 Å². The summed E-state index contributed by atoms with van der Waals surface area (Å²) in [6, 6.07) is 4.58. The van der Waals surface area contributed by atoms with Gasteiger partial charge in [-0.05, 0) is 56.4 Å². The summed E-state index contributed by atoms with van der Waals surface area (Å²) in [5.41, 5.74) is 10.7. The van der Waals surface area contributed by atoms with Crippen molar-refractivity contribution in [3.05, 3.63) is 28.8 Å². The van der Waals surface area contributed by atoms with Crippen molar-refractivity contribution >= 4 is 11.6 Å². The van der Waals surface area contributed by atoms with Crippen molar-refractivity contribution in [2.45, 2.75) is 59.0 Å². The molecule has 2 aliphatic rings. The average molecular weight is 329 g/mol. The lowest BCUT2D eigenvalue weighted by Gasteiger charge is -2.41. The van der Waals surface area contributed by atoms with Crippen LogP contribution < -0.4 is 5.73 Å². The molecule has 132 valence electrons. The summed E-state index contributed by atoms with van der Waals surface area (Å²) >= 11 is 0. The number of carbonyl (C=O) groups is 1. The predicted molar refractivity (Wildman–Crippen MR) is 98.7 cm³/mol. The monoisotopic (exact) mass is 329 g/mol. The zero-order valence-electron chi connectivity index (χ0n) is 15.3. The molecule has 0 bridgehead atoms. The largest absolute Gasteiger partial charge is 0.398 e. The SMILES string of the molecule is Cc1cc(N)c(C)c(CN2CCN(C(=O)C3CCCC3)[C@@H](C)C2)c1. The number of rotatable bonds is 3. The van der Waals surface area contributed by atoms with Gasteiger partial charge in [0.05, 0.1) is 0 Å². The summed E-state index contributed by atoms with van der Waals surface area (Å²) in [6.45, 7) is 10.1. The number of carbonyl (C=O) groups excluding carboxylic acids is 1. The molecule has 2 fully saturated rings. The molecular formula is C20H31N3O. The molecule has 0 radical (unpaired) electrons. The van der Waals surface area contributed by atoms with Gasteiger partial charge in [0.1, 0.15) is 0 Å². The van der Waals surface area contributed by atoms with Gasteiger partial charge in [-0.3, -0.25) is 9.69 Å². The van der Waals surface area contributed by atoms with Crippen LogP contribution in [-0.4, -0.2) is 41.4 Å². The quantitative estimate of drug-likeness (QED) is 0.867. The lowest BCUT2D eigenvalue weighted by molar-refractivity contribution is -0.140. The van der Waals surface area contributed by atoms with Gasteiger partial charge in [-0.2, -0.15) is 0 Å². The van der Waals surface area contributed by atoms with Crippen LogP contribution in [0.5, 0.6) is 0 Å². The lowest BCUT2D eigenvalue weighted by Crippen LogP contribution is -2.54. The molecule has 24 heavy (non-hydrogen) atoms. The molecule has 1 aliphatic carbocycles. The first kappa shape index (κ1) is 17.3. The first-order valence-corrected chi connectivity index (χ1v) is 9.34. The van der Waals surface area contributed by atoms with Crippen molar-refractivity contribution in [3.63, 3.8) is 0 Å².